The van der Waals surface area contributed by atoms with Crippen LogP contribution in [0.5, 0.6) is 5.75 Å². The Morgan fingerprint density at radius 3 is 2.58 bits per heavy atom. The molecule has 0 aliphatic rings. The third kappa shape index (κ3) is 2.61. The normalized spacial score (nSPS) is 12.3. The monoisotopic (exact) mass is 260 g/mol. The van der Waals surface area contributed by atoms with E-state index in [0.29, 0.717) is 11.3 Å². The first-order chi connectivity index (χ1) is 9.04. The Kier molecular flexibility index (Phi) is 3.86. The highest BCUT2D eigenvalue weighted by atomic mass is 19.1. The highest BCUT2D eigenvalue weighted by molar-refractivity contribution is 5.44. The summed E-state index contributed by atoms with van der Waals surface area (Å²) in [7, 11) is 1.47. The van der Waals surface area contributed by atoms with Gasteiger partial charge in [0.2, 0.25) is 0 Å². The molecule has 2 aromatic rings. The number of aliphatic hydroxyl groups is 1. The second kappa shape index (κ2) is 5.41. The second-order valence-corrected chi connectivity index (χ2v) is 4.62. The highest BCUT2D eigenvalue weighted by Crippen LogP contribution is 2.33. The first kappa shape index (κ1) is 13.6. The van der Waals surface area contributed by atoms with E-state index in [2.05, 4.69) is 0 Å². The van der Waals surface area contributed by atoms with Crippen molar-refractivity contribution in [2.24, 2.45) is 0 Å². The number of ether oxygens (including phenoxy) is 1. The molecule has 2 nitrogen and oxygen atoms in total. The molecule has 0 bridgehead atoms. The molecule has 0 spiro atoms. The summed E-state index contributed by atoms with van der Waals surface area (Å²) >= 11 is 0. The lowest BCUT2D eigenvalue weighted by Crippen LogP contribution is -2.07. The molecule has 0 aliphatic carbocycles. The Bertz CT molecular complexity index is 593. The van der Waals surface area contributed by atoms with Gasteiger partial charge in [-0.25, -0.2) is 4.39 Å². The lowest BCUT2D eigenvalue weighted by atomic mass is 9.95. The predicted molar refractivity (Wildman–Crippen MR) is 72.9 cm³/mol. The molecular formula is C16H17FO2. The van der Waals surface area contributed by atoms with Crippen LogP contribution in [0.3, 0.4) is 0 Å². The Balaban J connectivity index is 2.55. The van der Waals surface area contributed by atoms with E-state index >= 15 is 0 Å². The summed E-state index contributed by atoms with van der Waals surface area (Å²) in [5.41, 5.74) is 2.82. The van der Waals surface area contributed by atoms with Gasteiger partial charge in [-0.05, 0) is 37.1 Å². The number of hydrogen-bond donors (Lipinski definition) is 1. The van der Waals surface area contributed by atoms with Crippen molar-refractivity contribution in [3.05, 3.63) is 64.5 Å². The van der Waals surface area contributed by atoms with Crippen molar-refractivity contribution >= 4 is 0 Å². The van der Waals surface area contributed by atoms with E-state index in [1.165, 1.54) is 13.2 Å². The smallest absolute Gasteiger partial charge is 0.133 e. The molecule has 0 saturated heterocycles. The van der Waals surface area contributed by atoms with Crippen molar-refractivity contribution in [3.63, 3.8) is 0 Å². The zero-order chi connectivity index (χ0) is 14.0. The number of aliphatic hydroxyl groups excluding tert-OH is 1. The number of methoxy groups -OCH3 is 1. The summed E-state index contributed by atoms with van der Waals surface area (Å²) < 4.78 is 19.1. The lowest BCUT2D eigenvalue weighted by molar-refractivity contribution is 0.208. The third-order valence-electron chi connectivity index (χ3n) is 3.24. The minimum atomic E-state index is -1.03. The minimum absolute atomic E-state index is 0.179. The van der Waals surface area contributed by atoms with Gasteiger partial charge in [-0.3, -0.25) is 0 Å². The van der Waals surface area contributed by atoms with Crippen molar-refractivity contribution < 1.29 is 14.2 Å². The van der Waals surface area contributed by atoms with Crippen LogP contribution in [0.4, 0.5) is 4.39 Å². The molecular weight excluding hydrogens is 243 g/mol. The van der Waals surface area contributed by atoms with E-state index in [4.69, 9.17) is 4.74 Å². The van der Waals surface area contributed by atoms with Crippen LogP contribution in [0.2, 0.25) is 0 Å². The number of halogens is 1. The van der Waals surface area contributed by atoms with Gasteiger partial charge in [0.15, 0.2) is 0 Å². The molecule has 0 fully saturated rings. The van der Waals surface area contributed by atoms with Gasteiger partial charge in [0.05, 0.1) is 12.7 Å². The molecule has 0 radical (unpaired) electrons. The van der Waals surface area contributed by atoms with Gasteiger partial charge in [0.1, 0.15) is 17.7 Å². The van der Waals surface area contributed by atoms with Crippen LogP contribution in [-0.4, -0.2) is 12.2 Å². The van der Waals surface area contributed by atoms with Crippen LogP contribution in [0.1, 0.15) is 28.4 Å². The molecule has 19 heavy (non-hydrogen) atoms. The van der Waals surface area contributed by atoms with Gasteiger partial charge in [0, 0.05) is 0 Å². The van der Waals surface area contributed by atoms with Crippen LogP contribution in [0.15, 0.2) is 36.4 Å². The van der Waals surface area contributed by atoms with Gasteiger partial charge in [-0.2, -0.15) is 0 Å². The largest absolute Gasteiger partial charge is 0.496 e. The third-order valence-corrected chi connectivity index (χ3v) is 3.24. The van der Waals surface area contributed by atoms with Crippen molar-refractivity contribution in [3.8, 4) is 5.75 Å². The summed E-state index contributed by atoms with van der Waals surface area (Å²) in [5.74, 6) is -0.110. The van der Waals surface area contributed by atoms with Crippen molar-refractivity contribution in [1.29, 1.82) is 0 Å². The number of benzene rings is 2. The highest BCUT2D eigenvalue weighted by Gasteiger charge is 2.21. The average molecular weight is 260 g/mol. The zero-order valence-electron chi connectivity index (χ0n) is 11.3. The summed E-state index contributed by atoms with van der Waals surface area (Å²) in [4.78, 5) is 0. The molecule has 100 valence electrons. The van der Waals surface area contributed by atoms with Crippen molar-refractivity contribution in [2.45, 2.75) is 20.0 Å². The zero-order valence-corrected chi connectivity index (χ0v) is 11.3. The van der Waals surface area contributed by atoms with Gasteiger partial charge >= 0.3 is 0 Å². The van der Waals surface area contributed by atoms with Crippen molar-refractivity contribution in [2.75, 3.05) is 7.11 Å². The molecule has 1 N–H and O–H groups in total. The maximum absolute atomic E-state index is 14.0. The van der Waals surface area contributed by atoms with Crippen LogP contribution in [0, 0.1) is 19.7 Å². The molecule has 0 aromatic heterocycles. The topological polar surface area (TPSA) is 29.5 Å². The molecule has 0 aliphatic heterocycles. The molecule has 1 unspecified atom stereocenters. The molecule has 2 aromatic carbocycles. The lowest BCUT2D eigenvalue weighted by Gasteiger charge is -2.18. The van der Waals surface area contributed by atoms with Gasteiger partial charge in [0.25, 0.3) is 0 Å². The van der Waals surface area contributed by atoms with Crippen LogP contribution in [-0.2, 0) is 0 Å². The van der Waals surface area contributed by atoms with Crippen LogP contribution < -0.4 is 4.74 Å². The van der Waals surface area contributed by atoms with E-state index in [-0.39, 0.29) is 5.56 Å². The number of rotatable bonds is 3. The summed E-state index contributed by atoms with van der Waals surface area (Å²) in [5, 5.41) is 10.5. The van der Waals surface area contributed by atoms with Gasteiger partial charge in [-0.1, -0.05) is 29.8 Å². The number of aryl methyl sites for hydroxylation is 2. The average Bonchev–Trinajstić information content (AvgIpc) is 2.40. The maximum atomic E-state index is 14.0. The van der Waals surface area contributed by atoms with E-state index in [0.717, 1.165) is 11.1 Å². The van der Waals surface area contributed by atoms with Crippen molar-refractivity contribution in [1.82, 2.24) is 0 Å². The van der Waals surface area contributed by atoms with Gasteiger partial charge in [-0.15, -0.1) is 0 Å². The fourth-order valence-electron chi connectivity index (χ4n) is 2.17. The summed E-state index contributed by atoms with van der Waals surface area (Å²) in [6.07, 6.45) is -1.03. The van der Waals surface area contributed by atoms with Crippen LogP contribution >= 0.6 is 0 Å². The fourth-order valence-corrected chi connectivity index (χ4v) is 2.17. The molecule has 1 atom stereocenters. The summed E-state index contributed by atoms with van der Waals surface area (Å²) in [6.45, 7) is 3.83. The minimum Gasteiger partial charge on any atom is -0.496 e. The SMILES string of the molecule is COc1cccc(F)c1C(O)c1cc(C)ccc1C. The first-order valence-corrected chi connectivity index (χ1v) is 6.12. The maximum Gasteiger partial charge on any atom is 0.133 e. The second-order valence-electron chi connectivity index (χ2n) is 4.62. The van der Waals surface area contributed by atoms with E-state index < -0.39 is 11.9 Å². The van der Waals surface area contributed by atoms with Gasteiger partial charge < -0.3 is 9.84 Å². The Morgan fingerprint density at radius 2 is 1.89 bits per heavy atom. The van der Waals surface area contributed by atoms with E-state index in [9.17, 15) is 9.50 Å². The molecule has 2 rings (SSSR count). The molecule has 0 amide bonds. The number of hydrogen-bond acceptors (Lipinski definition) is 2. The quantitative estimate of drug-likeness (QED) is 0.914. The van der Waals surface area contributed by atoms with E-state index in [1.807, 2.05) is 32.0 Å². The standard InChI is InChI=1S/C16H17FO2/c1-10-7-8-11(2)12(9-10)16(18)15-13(17)5-4-6-14(15)19-3/h4-9,16,18H,1-3H3. The van der Waals surface area contributed by atoms with E-state index in [1.54, 1.807) is 12.1 Å². The predicted octanol–water partition coefficient (Wildman–Crippen LogP) is 3.53. The summed E-state index contributed by atoms with van der Waals surface area (Å²) in [6, 6.07) is 10.3. The Labute approximate surface area is 112 Å². The first-order valence-electron chi connectivity index (χ1n) is 6.12. The molecule has 0 saturated carbocycles. The Morgan fingerprint density at radius 1 is 1.16 bits per heavy atom. The van der Waals surface area contributed by atoms with Crippen LogP contribution in [0.25, 0.3) is 0 Å². The molecule has 0 heterocycles. The molecule has 3 heteroatoms. The fraction of sp³-hybridized carbons (Fsp3) is 0.250. The Hall–Kier alpha value is -1.87.